The summed E-state index contributed by atoms with van der Waals surface area (Å²) >= 11 is 0. The van der Waals surface area contributed by atoms with Gasteiger partial charge in [-0.1, -0.05) is 5.16 Å². The van der Waals surface area contributed by atoms with E-state index in [-0.39, 0.29) is 12.0 Å². The first-order valence-electron chi connectivity index (χ1n) is 4.90. The predicted molar refractivity (Wildman–Crippen MR) is 49.6 cm³/mol. The second-order valence-corrected chi connectivity index (χ2v) is 3.92. The van der Waals surface area contributed by atoms with E-state index in [4.69, 9.17) is 10.3 Å². The number of rotatable bonds is 1. The van der Waals surface area contributed by atoms with Crippen LogP contribution in [0, 0.1) is 6.92 Å². The molecule has 1 aromatic heterocycles. The highest BCUT2D eigenvalue weighted by molar-refractivity contribution is 4.98. The Bertz CT molecular complexity index is 313. The standard InChI is InChI=1S/C9H15N3O2/c1-5-11-9(14-12-5)6-2-3-7(10)8(13)4-6/h6-8,13H,2-4,10H2,1H3. The molecular formula is C9H15N3O2. The summed E-state index contributed by atoms with van der Waals surface area (Å²) in [6.07, 6.45) is 1.91. The SMILES string of the molecule is Cc1noc(C2CCC(N)C(O)C2)n1. The Hall–Kier alpha value is -0.940. The molecule has 1 saturated carbocycles. The lowest BCUT2D eigenvalue weighted by molar-refractivity contribution is 0.0910. The van der Waals surface area contributed by atoms with Crippen LogP contribution >= 0.6 is 0 Å². The molecule has 5 heteroatoms. The van der Waals surface area contributed by atoms with Gasteiger partial charge in [-0.3, -0.25) is 0 Å². The van der Waals surface area contributed by atoms with Crippen molar-refractivity contribution >= 4 is 0 Å². The lowest BCUT2D eigenvalue weighted by atomic mass is 9.84. The van der Waals surface area contributed by atoms with Crippen LogP contribution in [0.2, 0.25) is 0 Å². The number of hydrogen-bond acceptors (Lipinski definition) is 5. The summed E-state index contributed by atoms with van der Waals surface area (Å²) in [5.41, 5.74) is 5.71. The summed E-state index contributed by atoms with van der Waals surface area (Å²) in [6.45, 7) is 1.79. The second-order valence-electron chi connectivity index (χ2n) is 3.92. The van der Waals surface area contributed by atoms with Crippen LogP contribution in [0.1, 0.15) is 36.9 Å². The van der Waals surface area contributed by atoms with Crippen LogP contribution in [-0.2, 0) is 0 Å². The zero-order valence-corrected chi connectivity index (χ0v) is 8.18. The Morgan fingerprint density at radius 2 is 2.29 bits per heavy atom. The molecule has 0 amide bonds. The molecule has 0 bridgehead atoms. The van der Waals surface area contributed by atoms with Gasteiger partial charge in [0.2, 0.25) is 5.89 Å². The van der Waals surface area contributed by atoms with Gasteiger partial charge in [0.25, 0.3) is 0 Å². The molecule has 1 aliphatic carbocycles. The summed E-state index contributed by atoms with van der Waals surface area (Å²) in [4.78, 5) is 4.16. The van der Waals surface area contributed by atoms with Crippen molar-refractivity contribution in [3.05, 3.63) is 11.7 Å². The van der Waals surface area contributed by atoms with Crippen molar-refractivity contribution in [2.45, 2.75) is 44.2 Å². The van der Waals surface area contributed by atoms with Crippen molar-refractivity contribution in [3.8, 4) is 0 Å². The Morgan fingerprint density at radius 3 is 2.86 bits per heavy atom. The van der Waals surface area contributed by atoms with Crippen LogP contribution in [0.15, 0.2) is 4.52 Å². The molecule has 3 N–H and O–H groups in total. The minimum Gasteiger partial charge on any atom is -0.391 e. The molecule has 0 aromatic carbocycles. The highest BCUT2D eigenvalue weighted by atomic mass is 16.5. The van der Waals surface area contributed by atoms with Crippen molar-refractivity contribution in [2.75, 3.05) is 0 Å². The number of nitrogens with zero attached hydrogens (tertiary/aromatic N) is 2. The third kappa shape index (κ3) is 1.78. The van der Waals surface area contributed by atoms with Gasteiger partial charge < -0.3 is 15.4 Å². The Kier molecular flexibility index (Phi) is 2.52. The number of nitrogens with two attached hydrogens (primary N) is 1. The van der Waals surface area contributed by atoms with Crippen molar-refractivity contribution < 1.29 is 9.63 Å². The first-order chi connectivity index (χ1) is 6.66. The molecule has 5 nitrogen and oxygen atoms in total. The van der Waals surface area contributed by atoms with E-state index in [1.165, 1.54) is 0 Å². The molecule has 0 saturated heterocycles. The maximum atomic E-state index is 9.60. The molecule has 2 rings (SSSR count). The van der Waals surface area contributed by atoms with Crippen LogP contribution in [-0.4, -0.2) is 27.4 Å². The van der Waals surface area contributed by atoms with Gasteiger partial charge in [0.15, 0.2) is 5.82 Å². The van der Waals surface area contributed by atoms with Crippen LogP contribution < -0.4 is 5.73 Å². The number of aliphatic hydroxyl groups is 1. The zero-order valence-electron chi connectivity index (χ0n) is 8.18. The minimum atomic E-state index is -0.444. The van der Waals surface area contributed by atoms with E-state index in [0.29, 0.717) is 18.1 Å². The maximum absolute atomic E-state index is 9.60. The minimum absolute atomic E-state index is 0.102. The fraction of sp³-hybridized carbons (Fsp3) is 0.778. The lowest BCUT2D eigenvalue weighted by Crippen LogP contribution is -2.39. The number of aromatic nitrogens is 2. The highest BCUT2D eigenvalue weighted by Crippen LogP contribution is 2.31. The van der Waals surface area contributed by atoms with E-state index in [1.54, 1.807) is 6.92 Å². The van der Waals surface area contributed by atoms with Gasteiger partial charge >= 0.3 is 0 Å². The first kappa shape index (κ1) is 9.61. The molecule has 0 aliphatic heterocycles. The molecule has 78 valence electrons. The van der Waals surface area contributed by atoms with E-state index < -0.39 is 6.10 Å². The Labute approximate surface area is 82.3 Å². The lowest BCUT2D eigenvalue weighted by Gasteiger charge is -2.28. The van der Waals surface area contributed by atoms with Gasteiger partial charge in [0.1, 0.15) is 0 Å². The summed E-state index contributed by atoms with van der Waals surface area (Å²) in [7, 11) is 0. The van der Waals surface area contributed by atoms with Gasteiger partial charge in [-0.05, 0) is 26.2 Å². The monoisotopic (exact) mass is 197 g/mol. The third-order valence-electron chi connectivity index (χ3n) is 2.76. The topological polar surface area (TPSA) is 85.2 Å². The molecule has 0 radical (unpaired) electrons. The number of aliphatic hydroxyl groups excluding tert-OH is 1. The van der Waals surface area contributed by atoms with Crippen LogP contribution in [0.25, 0.3) is 0 Å². The summed E-state index contributed by atoms with van der Waals surface area (Å²) < 4.78 is 5.07. The zero-order chi connectivity index (χ0) is 10.1. The van der Waals surface area contributed by atoms with E-state index in [2.05, 4.69) is 10.1 Å². The normalized spacial score (nSPS) is 33.2. The molecule has 3 unspecified atom stereocenters. The van der Waals surface area contributed by atoms with Gasteiger partial charge in [0.05, 0.1) is 6.10 Å². The average Bonchev–Trinajstić information content (AvgIpc) is 2.57. The van der Waals surface area contributed by atoms with Crippen LogP contribution in [0.5, 0.6) is 0 Å². The van der Waals surface area contributed by atoms with E-state index in [0.717, 1.165) is 12.8 Å². The van der Waals surface area contributed by atoms with Gasteiger partial charge in [-0.2, -0.15) is 4.98 Å². The molecule has 0 spiro atoms. The van der Waals surface area contributed by atoms with E-state index in [9.17, 15) is 5.11 Å². The molecule has 14 heavy (non-hydrogen) atoms. The predicted octanol–water partition coefficient (Wildman–Crippen LogP) is 0.334. The summed E-state index contributed by atoms with van der Waals surface area (Å²) in [5.74, 6) is 1.45. The van der Waals surface area contributed by atoms with Gasteiger partial charge in [0, 0.05) is 12.0 Å². The molecule has 1 fully saturated rings. The largest absolute Gasteiger partial charge is 0.391 e. The van der Waals surface area contributed by atoms with Gasteiger partial charge in [-0.25, -0.2) is 0 Å². The van der Waals surface area contributed by atoms with E-state index >= 15 is 0 Å². The maximum Gasteiger partial charge on any atom is 0.229 e. The van der Waals surface area contributed by atoms with Crippen molar-refractivity contribution in [2.24, 2.45) is 5.73 Å². The fourth-order valence-electron chi connectivity index (χ4n) is 1.87. The van der Waals surface area contributed by atoms with Crippen molar-refractivity contribution in [1.82, 2.24) is 10.1 Å². The van der Waals surface area contributed by atoms with Crippen LogP contribution in [0.4, 0.5) is 0 Å². The smallest absolute Gasteiger partial charge is 0.229 e. The van der Waals surface area contributed by atoms with E-state index in [1.807, 2.05) is 0 Å². The fourth-order valence-corrected chi connectivity index (χ4v) is 1.87. The molecule has 1 aromatic rings. The summed E-state index contributed by atoms with van der Waals surface area (Å²) in [6, 6.07) is -0.102. The number of hydrogen-bond donors (Lipinski definition) is 2. The summed E-state index contributed by atoms with van der Waals surface area (Å²) in [5, 5.41) is 13.3. The molecule has 1 heterocycles. The molecular weight excluding hydrogens is 182 g/mol. The van der Waals surface area contributed by atoms with Gasteiger partial charge in [-0.15, -0.1) is 0 Å². The molecule has 1 aliphatic rings. The number of aryl methyl sites for hydroxylation is 1. The van der Waals surface area contributed by atoms with Crippen molar-refractivity contribution in [3.63, 3.8) is 0 Å². The first-order valence-corrected chi connectivity index (χ1v) is 4.90. The quantitative estimate of drug-likeness (QED) is 0.677. The average molecular weight is 197 g/mol. The Balaban J connectivity index is 2.06. The third-order valence-corrected chi connectivity index (χ3v) is 2.76. The molecule has 3 atom stereocenters. The Morgan fingerprint density at radius 1 is 1.50 bits per heavy atom. The second kappa shape index (κ2) is 3.67. The highest BCUT2D eigenvalue weighted by Gasteiger charge is 2.30. The van der Waals surface area contributed by atoms with Crippen molar-refractivity contribution in [1.29, 1.82) is 0 Å². The van der Waals surface area contributed by atoms with Crippen LogP contribution in [0.3, 0.4) is 0 Å².